The Morgan fingerprint density at radius 3 is 2.50 bits per heavy atom. The van der Waals surface area contributed by atoms with Crippen molar-refractivity contribution in [1.82, 2.24) is 15.1 Å². The van der Waals surface area contributed by atoms with Gasteiger partial charge in [-0.25, -0.2) is 0 Å². The molecule has 1 amide bonds. The minimum Gasteiger partial charge on any atom is -0.395 e. The zero-order valence-electron chi connectivity index (χ0n) is 7.68. The van der Waals surface area contributed by atoms with Gasteiger partial charge >= 0.3 is 0 Å². The summed E-state index contributed by atoms with van der Waals surface area (Å²) in [6, 6.07) is 1.55. The molecule has 0 atom stereocenters. The Morgan fingerprint density at radius 1 is 1.43 bits per heavy atom. The van der Waals surface area contributed by atoms with Crippen molar-refractivity contribution in [2.24, 2.45) is 0 Å². The van der Waals surface area contributed by atoms with Gasteiger partial charge < -0.3 is 15.1 Å². The number of aliphatic hydroxyl groups excluding tert-OH is 2. The number of H-pyrrole nitrogens is 1. The van der Waals surface area contributed by atoms with E-state index in [0.717, 1.165) is 0 Å². The van der Waals surface area contributed by atoms with Crippen LogP contribution in [0.15, 0.2) is 12.3 Å². The van der Waals surface area contributed by atoms with Crippen LogP contribution in [0.1, 0.15) is 10.5 Å². The SMILES string of the molecule is O=C(c1ccn[nH]1)N(CCO)CCO. The lowest BCUT2D eigenvalue weighted by atomic mass is 10.3. The number of nitrogens with one attached hydrogen (secondary N) is 1. The number of rotatable bonds is 5. The van der Waals surface area contributed by atoms with E-state index < -0.39 is 0 Å². The molecule has 0 aromatic carbocycles. The summed E-state index contributed by atoms with van der Waals surface area (Å²) in [4.78, 5) is 13.0. The first kappa shape index (κ1) is 10.7. The van der Waals surface area contributed by atoms with Gasteiger partial charge in [-0.15, -0.1) is 0 Å². The van der Waals surface area contributed by atoms with Crippen molar-refractivity contribution < 1.29 is 15.0 Å². The summed E-state index contributed by atoms with van der Waals surface area (Å²) < 4.78 is 0. The van der Waals surface area contributed by atoms with Crippen molar-refractivity contribution in [3.63, 3.8) is 0 Å². The number of nitrogens with zero attached hydrogens (tertiary/aromatic N) is 2. The van der Waals surface area contributed by atoms with Crippen LogP contribution in [0.4, 0.5) is 0 Å². The Balaban J connectivity index is 2.63. The van der Waals surface area contributed by atoms with Gasteiger partial charge in [0.15, 0.2) is 0 Å². The van der Waals surface area contributed by atoms with Crippen molar-refractivity contribution in [3.05, 3.63) is 18.0 Å². The molecule has 0 aliphatic heterocycles. The Kier molecular flexibility index (Phi) is 4.09. The van der Waals surface area contributed by atoms with Crippen LogP contribution in [0, 0.1) is 0 Å². The van der Waals surface area contributed by atoms with Gasteiger partial charge in [0, 0.05) is 19.3 Å². The Bertz CT molecular complexity index is 267. The maximum atomic E-state index is 11.6. The topological polar surface area (TPSA) is 89.5 Å². The lowest BCUT2D eigenvalue weighted by Gasteiger charge is -2.19. The highest BCUT2D eigenvalue weighted by atomic mass is 16.3. The number of carbonyl (C=O) groups is 1. The smallest absolute Gasteiger partial charge is 0.272 e. The third-order valence-electron chi connectivity index (χ3n) is 1.76. The largest absolute Gasteiger partial charge is 0.395 e. The molecule has 0 aliphatic carbocycles. The van der Waals surface area contributed by atoms with Crippen LogP contribution in [0.3, 0.4) is 0 Å². The molecule has 0 aliphatic rings. The quantitative estimate of drug-likeness (QED) is 0.558. The third-order valence-corrected chi connectivity index (χ3v) is 1.76. The summed E-state index contributed by atoms with van der Waals surface area (Å²) in [5.41, 5.74) is 0.354. The molecule has 14 heavy (non-hydrogen) atoms. The molecule has 0 spiro atoms. The van der Waals surface area contributed by atoms with E-state index in [9.17, 15) is 4.79 Å². The molecule has 0 unspecified atom stereocenters. The normalized spacial score (nSPS) is 10.1. The Hall–Kier alpha value is -1.40. The van der Waals surface area contributed by atoms with E-state index in [4.69, 9.17) is 10.2 Å². The summed E-state index contributed by atoms with van der Waals surface area (Å²) in [5.74, 6) is -0.273. The molecule has 1 rings (SSSR count). The van der Waals surface area contributed by atoms with E-state index >= 15 is 0 Å². The molecule has 0 radical (unpaired) electrons. The molecule has 0 fully saturated rings. The van der Waals surface area contributed by atoms with Crippen LogP contribution < -0.4 is 0 Å². The molecule has 1 heterocycles. The molecule has 3 N–H and O–H groups in total. The van der Waals surface area contributed by atoms with Crippen LogP contribution >= 0.6 is 0 Å². The summed E-state index contributed by atoms with van der Waals surface area (Å²) in [6.45, 7) is 0.163. The van der Waals surface area contributed by atoms with Crippen LogP contribution in [0.5, 0.6) is 0 Å². The van der Waals surface area contributed by atoms with Gasteiger partial charge in [-0.05, 0) is 6.07 Å². The van der Waals surface area contributed by atoms with Crippen molar-refractivity contribution in [2.75, 3.05) is 26.3 Å². The standard InChI is InChI=1S/C8H13N3O3/c12-5-3-11(4-6-13)8(14)7-1-2-9-10-7/h1-2,12-13H,3-6H2,(H,9,10). The van der Waals surface area contributed by atoms with Crippen LogP contribution in [0.25, 0.3) is 0 Å². The van der Waals surface area contributed by atoms with Crippen LogP contribution in [-0.4, -0.2) is 57.5 Å². The second-order valence-corrected chi connectivity index (χ2v) is 2.71. The molecule has 0 saturated carbocycles. The first-order valence-corrected chi connectivity index (χ1v) is 4.30. The van der Waals surface area contributed by atoms with E-state index in [1.165, 1.54) is 11.1 Å². The Morgan fingerprint density at radius 2 is 2.07 bits per heavy atom. The molecular weight excluding hydrogens is 186 g/mol. The maximum Gasteiger partial charge on any atom is 0.272 e. The molecular formula is C8H13N3O3. The van der Waals surface area contributed by atoms with E-state index in [-0.39, 0.29) is 32.2 Å². The number of aromatic nitrogens is 2. The summed E-state index contributed by atoms with van der Waals surface area (Å²) in [6.07, 6.45) is 1.48. The van der Waals surface area contributed by atoms with Gasteiger partial charge in [-0.2, -0.15) is 5.10 Å². The van der Waals surface area contributed by atoms with Gasteiger partial charge in [-0.3, -0.25) is 9.89 Å². The summed E-state index contributed by atoms with van der Waals surface area (Å²) in [5, 5.41) is 23.6. The monoisotopic (exact) mass is 199 g/mol. The minimum absolute atomic E-state index is 0.125. The first-order chi connectivity index (χ1) is 6.79. The number of aromatic amines is 1. The Labute approximate surface area is 81.2 Å². The second-order valence-electron chi connectivity index (χ2n) is 2.71. The van der Waals surface area contributed by atoms with Gasteiger partial charge in [0.25, 0.3) is 5.91 Å². The highest BCUT2D eigenvalue weighted by molar-refractivity contribution is 5.92. The molecule has 78 valence electrons. The van der Waals surface area contributed by atoms with E-state index in [1.807, 2.05) is 0 Å². The molecule has 1 aromatic rings. The van der Waals surface area contributed by atoms with Crippen LogP contribution in [-0.2, 0) is 0 Å². The number of amides is 1. The fourth-order valence-corrected chi connectivity index (χ4v) is 1.10. The van der Waals surface area contributed by atoms with Crippen molar-refractivity contribution in [2.45, 2.75) is 0 Å². The van der Waals surface area contributed by atoms with Crippen molar-refractivity contribution >= 4 is 5.91 Å². The van der Waals surface area contributed by atoms with Gasteiger partial charge in [0.1, 0.15) is 5.69 Å². The number of aliphatic hydroxyl groups is 2. The average molecular weight is 199 g/mol. The van der Waals surface area contributed by atoms with E-state index in [2.05, 4.69) is 10.2 Å². The molecule has 1 aromatic heterocycles. The summed E-state index contributed by atoms with van der Waals surface area (Å²) in [7, 11) is 0. The van der Waals surface area contributed by atoms with Gasteiger partial charge in [0.05, 0.1) is 13.2 Å². The zero-order valence-corrected chi connectivity index (χ0v) is 7.68. The summed E-state index contributed by atoms with van der Waals surface area (Å²) >= 11 is 0. The number of carbonyl (C=O) groups excluding carboxylic acids is 1. The molecule has 0 saturated heterocycles. The first-order valence-electron chi connectivity index (χ1n) is 4.30. The van der Waals surface area contributed by atoms with Crippen LogP contribution in [0.2, 0.25) is 0 Å². The van der Waals surface area contributed by atoms with Gasteiger partial charge in [0.2, 0.25) is 0 Å². The zero-order chi connectivity index (χ0) is 10.4. The predicted molar refractivity (Wildman–Crippen MR) is 48.7 cm³/mol. The molecule has 0 bridgehead atoms. The molecule has 6 nitrogen and oxygen atoms in total. The minimum atomic E-state index is -0.273. The van der Waals surface area contributed by atoms with Gasteiger partial charge in [-0.1, -0.05) is 0 Å². The lowest BCUT2D eigenvalue weighted by molar-refractivity contribution is 0.0679. The fraction of sp³-hybridized carbons (Fsp3) is 0.500. The maximum absolute atomic E-state index is 11.6. The predicted octanol–water partition coefficient (Wildman–Crippen LogP) is -1.16. The van der Waals surface area contributed by atoms with Crippen molar-refractivity contribution in [1.29, 1.82) is 0 Å². The molecule has 6 heteroatoms. The average Bonchev–Trinajstić information content (AvgIpc) is 2.69. The third kappa shape index (κ3) is 2.54. The number of hydrogen-bond acceptors (Lipinski definition) is 4. The van der Waals surface area contributed by atoms with E-state index in [0.29, 0.717) is 5.69 Å². The number of hydrogen-bond donors (Lipinski definition) is 3. The second kappa shape index (κ2) is 5.36. The highest BCUT2D eigenvalue weighted by Gasteiger charge is 2.15. The lowest BCUT2D eigenvalue weighted by Crippen LogP contribution is -2.36. The van der Waals surface area contributed by atoms with E-state index in [1.54, 1.807) is 6.07 Å². The highest BCUT2D eigenvalue weighted by Crippen LogP contribution is 1.99. The van der Waals surface area contributed by atoms with Crippen molar-refractivity contribution in [3.8, 4) is 0 Å². The fourth-order valence-electron chi connectivity index (χ4n) is 1.10.